The molecule has 0 amide bonds. The molecule has 1 heteroatoms. The highest BCUT2D eigenvalue weighted by Gasteiger charge is 1.91. The van der Waals surface area contributed by atoms with Crippen LogP contribution in [0.4, 0.5) is 5.69 Å². The van der Waals surface area contributed by atoms with Crippen molar-refractivity contribution in [3.05, 3.63) is 42.1 Å². The van der Waals surface area contributed by atoms with Crippen LogP contribution in [0.1, 0.15) is 20.3 Å². The molecule has 0 aliphatic heterocycles. The van der Waals surface area contributed by atoms with E-state index in [2.05, 4.69) is 37.4 Å². The normalized spacial score (nSPS) is 11.3. The number of nitrogens with one attached hydrogen (secondary N) is 1. The van der Waals surface area contributed by atoms with Gasteiger partial charge < -0.3 is 5.32 Å². The smallest absolute Gasteiger partial charge is 0.0381 e. The molecule has 0 saturated heterocycles. The van der Waals surface area contributed by atoms with Crippen molar-refractivity contribution < 1.29 is 0 Å². The van der Waals surface area contributed by atoms with Gasteiger partial charge in [0.2, 0.25) is 0 Å². The zero-order chi connectivity index (χ0) is 8.81. The molecule has 1 N–H and O–H groups in total. The first-order valence-corrected chi connectivity index (χ1v) is 4.34. The van der Waals surface area contributed by atoms with Gasteiger partial charge in [-0.25, -0.2) is 0 Å². The van der Waals surface area contributed by atoms with Crippen molar-refractivity contribution in [1.82, 2.24) is 0 Å². The van der Waals surface area contributed by atoms with E-state index in [0.717, 1.165) is 12.1 Å². The second kappa shape index (κ2) is 4.60. The summed E-state index contributed by atoms with van der Waals surface area (Å²) in [5.74, 6) is 0. The molecule has 0 aliphatic carbocycles. The summed E-state index contributed by atoms with van der Waals surface area (Å²) in [5, 5.41) is 3.34. The number of para-hydroxylation sites is 1. The lowest BCUT2D eigenvalue weighted by Crippen LogP contribution is -1.96. The molecule has 0 atom stereocenters. The van der Waals surface area contributed by atoms with Crippen LogP contribution >= 0.6 is 0 Å². The zero-order valence-electron chi connectivity index (χ0n) is 7.67. The number of hydrogen-bond donors (Lipinski definition) is 1. The fourth-order valence-corrected chi connectivity index (χ4v) is 1.07. The summed E-state index contributed by atoms with van der Waals surface area (Å²) >= 11 is 0. The first-order valence-electron chi connectivity index (χ1n) is 4.34. The van der Waals surface area contributed by atoms with Gasteiger partial charge in [0.25, 0.3) is 0 Å². The topological polar surface area (TPSA) is 12.0 Å². The Morgan fingerprint density at radius 2 is 2.00 bits per heavy atom. The van der Waals surface area contributed by atoms with Gasteiger partial charge in [-0.3, -0.25) is 0 Å². The Morgan fingerprint density at radius 3 is 2.50 bits per heavy atom. The van der Waals surface area contributed by atoms with Gasteiger partial charge in [0, 0.05) is 11.4 Å². The predicted molar refractivity (Wildman–Crippen MR) is 54.1 cm³/mol. The van der Waals surface area contributed by atoms with E-state index in [1.807, 2.05) is 18.2 Å². The van der Waals surface area contributed by atoms with Crippen LogP contribution in [-0.2, 0) is 0 Å². The number of anilines is 1. The Balaban J connectivity index is 2.64. The molecule has 0 radical (unpaired) electrons. The molecule has 0 spiro atoms. The highest BCUT2D eigenvalue weighted by Crippen LogP contribution is 2.10. The maximum absolute atomic E-state index is 3.34. The SMILES string of the molecule is C/C=C(/CC)Nc1ccccc1. The maximum Gasteiger partial charge on any atom is 0.0381 e. The van der Waals surface area contributed by atoms with Crippen LogP contribution in [0.2, 0.25) is 0 Å². The largest absolute Gasteiger partial charge is 0.359 e. The van der Waals surface area contributed by atoms with E-state index in [1.54, 1.807) is 0 Å². The Bertz CT molecular complexity index is 249. The monoisotopic (exact) mass is 161 g/mol. The lowest BCUT2D eigenvalue weighted by molar-refractivity contribution is 1.10. The Labute approximate surface area is 74.1 Å². The van der Waals surface area contributed by atoms with Crippen LogP contribution in [0.5, 0.6) is 0 Å². The van der Waals surface area contributed by atoms with Crippen molar-refractivity contribution in [2.75, 3.05) is 5.32 Å². The van der Waals surface area contributed by atoms with E-state index in [1.165, 1.54) is 5.70 Å². The number of rotatable bonds is 3. The second-order valence-corrected chi connectivity index (χ2v) is 2.66. The standard InChI is InChI=1S/C11H15N/c1-3-10(4-2)12-11-8-6-5-7-9-11/h3,5-9,12H,4H2,1-2H3/b10-3-. The minimum absolute atomic E-state index is 1.05. The quantitative estimate of drug-likeness (QED) is 0.716. The molecule has 0 bridgehead atoms. The van der Waals surface area contributed by atoms with Crippen LogP contribution in [0.15, 0.2) is 42.1 Å². The molecule has 1 nitrogen and oxygen atoms in total. The van der Waals surface area contributed by atoms with Crippen LogP contribution in [0.25, 0.3) is 0 Å². The van der Waals surface area contributed by atoms with Gasteiger partial charge in [-0.1, -0.05) is 31.2 Å². The van der Waals surface area contributed by atoms with E-state index in [4.69, 9.17) is 0 Å². The highest BCUT2D eigenvalue weighted by atomic mass is 14.9. The lowest BCUT2D eigenvalue weighted by Gasteiger charge is -2.07. The maximum atomic E-state index is 3.34. The van der Waals surface area contributed by atoms with E-state index >= 15 is 0 Å². The van der Waals surface area contributed by atoms with Crippen molar-refractivity contribution in [1.29, 1.82) is 0 Å². The lowest BCUT2D eigenvalue weighted by atomic mass is 10.2. The molecule has 0 aromatic heterocycles. The minimum atomic E-state index is 1.05. The van der Waals surface area contributed by atoms with Crippen LogP contribution in [-0.4, -0.2) is 0 Å². The first-order chi connectivity index (χ1) is 5.86. The van der Waals surface area contributed by atoms with E-state index in [0.29, 0.717) is 0 Å². The van der Waals surface area contributed by atoms with E-state index in [-0.39, 0.29) is 0 Å². The van der Waals surface area contributed by atoms with Crippen molar-refractivity contribution >= 4 is 5.69 Å². The van der Waals surface area contributed by atoms with Crippen LogP contribution < -0.4 is 5.32 Å². The van der Waals surface area contributed by atoms with Crippen LogP contribution in [0, 0.1) is 0 Å². The van der Waals surface area contributed by atoms with Gasteiger partial charge >= 0.3 is 0 Å². The Morgan fingerprint density at radius 1 is 1.33 bits per heavy atom. The summed E-state index contributed by atoms with van der Waals surface area (Å²) in [6.45, 7) is 4.19. The van der Waals surface area contributed by atoms with Crippen molar-refractivity contribution in [3.8, 4) is 0 Å². The fourth-order valence-electron chi connectivity index (χ4n) is 1.07. The summed E-state index contributed by atoms with van der Waals surface area (Å²) in [6, 6.07) is 10.2. The van der Waals surface area contributed by atoms with E-state index in [9.17, 15) is 0 Å². The van der Waals surface area contributed by atoms with Gasteiger partial charge in [-0.05, 0) is 25.5 Å². The average Bonchev–Trinajstić information content (AvgIpc) is 2.16. The number of hydrogen-bond acceptors (Lipinski definition) is 1. The Hall–Kier alpha value is -1.24. The molecule has 1 aromatic carbocycles. The van der Waals surface area contributed by atoms with Gasteiger partial charge in [0.05, 0.1) is 0 Å². The summed E-state index contributed by atoms with van der Waals surface area (Å²) < 4.78 is 0. The second-order valence-electron chi connectivity index (χ2n) is 2.66. The molecule has 0 heterocycles. The molecule has 0 fully saturated rings. The van der Waals surface area contributed by atoms with Gasteiger partial charge in [0.1, 0.15) is 0 Å². The molecular weight excluding hydrogens is 146 g/mol. The first kappa shape index (κ1) is 8.85. The summed E-state index contributed by atoms with van der Waals surface area (Å²) in [4.78, 5) is 0. The summed E-state index contributed by atoms with van der Waals surface area (Å²) in [5.41, 5.74) is 2.42. The average molecular weight is 161 g/mol. The van der Waals surface area contributed by atoms with E-state index < -0.39 is 0 Å². The molecule has 0 unspecified atom stereocenters. The summed E-state index contributed by atoms with van der Waals surface area (Å²) in [6.07, 6.45) is 3.15. The predicted octanol–water partition coefficient (Wildman–Crippen LogP) is 3.41. The molecule has 64 valence electrons. The van der Waals surface area contributed by atoms with Gasteiger partial charge in [0.15, 0.2) is 0 Å². The molecule has 1 aromatic rings. The minimum Gasteiger partial charge on any atom is -0.359 e. The molecule has 1 rings (SSSR count). The molecule has 0 saturated carbocycles. The molecule has 0 aliphatic rings. The third-order valence-electron chi connectivity index (χ3n) is 1.81. The third kappa shape index (κ3) is 2.42. The Kier molecular flexibility index (Phi) is 3.39. The zero-order valence-corrected chi connectivity index (χ0v) is 7.67. The molecular formula is C11H15N. The van der Waals surface area contributed by atoms with Crippen LogP contribution in [0.3, 0.4) is 0 Å². The fraction of sp³-hybridized carbons (Fsp3) is 0.273. The third-order valence-corrected chi connectivity index (χ3v) is 1.81. The van der Waals surface area contributed by atoms with Gasteiger partial charge in [-0.2, -0.15) is 0 Å². The van der Waals surface area contributed by atoms with Crippen molar-refractivity contribution in [2.45, 2.75) is 20.3 Å². The van der Waals surface area contributed by atoms with Crippen molar-refractivity contribution in [2.24, 2.45) is 0 Å². The number of benzene rings is 1. The summed E-state index contributed by atoms with van der Waals surface area (Å²) in [7, 11) is 0. The number of allylic oxidation sites excluding steroid dienone is 2. The molecule has 12 heavy (non-hydrogen) atoms. The van der Waals surface area contributed by atoms with Gasteiger partial charge in [-0.15, -0.1) is 0 Å². The van der Waals surface area contributed by atoms with Crippen molar-refractivity contribution in [3.63, 3.8) is 0 Å². The highest BCUT2D eigenvalue weighted by molar-refractivity contribution is 5.47.